The molecule has 0 atom stereocenters. The number of aryl methyl sites for hydroxylation is 1. The average Bonchev–Trinajstić information content (AvgIpc) is 3.14. The van der Waals surface area contributed by atoms with Crippen LogP contribution >= 0.6 is 11.3 Å². The average molecular weight is 395 g/mol. The van der Waals surface area contributed by atoms with Crippen LogP contribution in [0, 0.1) is 12.8 Å². The minimum atomic E-state index is -3.48. The van der Waals surface area contributed by atoms with Gasteiger partial charge in [-0.3, -0.25) is 4.90 Å². The lowest BCUT2D eigenvalue weighted by atomic mass is 9.97. The Balaban J connectivity index is 1.50. The molecule has 3 rings (SSSR count). The van der Waals surface area contributed by atoms with Crippen molar-refractivity contribution in [2.45, 2.75) is 31.2 Å². The van der Waals surface area contributed by atoms with E-state index in [-0.39, 0.29) is 0 Å². The molecule has 1 aliphatic heterocycles. The predicted octanol–water partition coefficient (Wildman–Crippen LogP) is 3.26. The molecule has 142 valence electrons. The molecule has 2 heterocycles. The summed E-state index contributed by atoms with van der Waals surface area (Å²) < 4.78 is 33.1. The van der Waals surface area contributed by atoms with E-state index in [0.29, 0.717) is 23.1 Å². The third-order valence-electron chi connectivity index (χ3n) is 4.91. The molecule has 1 aromatic carbocycles. The molecule has 26 heavy (non-hydrogen) atoms. The van der Waals surface area contributed by atoms with Crippen molar-refractivity contribution in [3.8, 4) is 5.75 Å². The monoisotopic (exact) mass is 394 g/mol. The maximum atomic E-state index is 12.5. The van der Waals surface area contributed by atoms with Gasteiger partial charge in [0.1, 0.15) is 5.75 Å². The first-order valence-electron chi connectivity index (χ1n) is 8.87. The molecule has 2 aromatic rings. The van der Waals surface area contributed by atoms with Crippen molar-refractivity contribution < 1.29 is 13.2 Å². The molecule has 0 bridgehead atoms. The molecule has 7 heteroatoms. The van der Waals surface area contributed by atoms with Crippen LogP contribution in [0.25, 0.3) is 0 Å². The Hall–Kier alpha value is -1.41. The molecule has 1 N–H and O–H groups in total. The Morgan fingerprint density at radius 2 is 2.04 bits per heavy atom. The van der Waals surface area contributed by atoms with Gasteiger partial charge in [0.2, 0.25) is 10.0 Å². The van der Waals surface area contributed by atoms with Gasteiger partial charge in [-0.1, -0.05) is 6.07 Å². The number of ether oxygens (including phenoxy) is 1. The first-order valence-corrected chi connectivity index (χ1v) is 11.2. The smallest absolute Gasteiger partial charge is 0.240 e. The highest BCUT2D eigenvalue weighted by molar-refractivity contribution is 7.89. The van der Waals surface area contributed by atoms with Gasteiger partial charge in [0, 0.05) is 18.0 Å². The van der Waals surface area contributed by atoms with Gasteiger partial charge in [0.05, 0.1) is 12.0 Å². The number of hydrogen-bond donors (Lipinski definition) is 1. The Morgan fingerprint density at radius 1 is 1.27 bits per heavy atom. The van der Waals surface area contributed by atoms with Crippen molar-refractivity contribution in [2.75, 3.05) is 26.7 Å². The van der Waals surface area contributed by atoms with E-state index in [1.807, 2.05) is 6.92 Å². The van der Waals surface area contributed by atoms with Crippen molar-refractivity contribution in [1.29, 1.82) is 0 Å². The number of hydrogen-bond acceptors (Lipinski definition) is 5. The van der Waals surface area contributed by atoms with Crippen LogP contribution < -0.4 is 9.46 Å². The molecule has 1 saturated heterocycles. The van der Waals surface area contributed by atoms with E-state index < -0.39 is 10.0 Å². The van der Waals surface area contributed by atoms with Crippen molar-refractivity contribution in [2.24, 2.45) is 5.92 Å². The second-order valence-electron chi connectivity index (χ2n) is 6.78. The topological polar surface area (TPSA) is 58.6 Å². The van der Waals surface area contributed by atoms with Gasteiger partial charge in [-0.2, -0.15) is 0 Å². The van der Waals surface area contributed by atoms with E-state index in [4.69, 9.17) is 4.74 Å². The summed E-state index contributed by atoms with van der Waals surface area (Å²) in [6.45, 7) is 5.39. The molecule has 0 aliphatic carbocycles. The lowest BCUT2D eigenvalue weighted by Gasteiger charge is -2.31. The summed E-state index contributed by atoms with van der Waals surface area (Å²) in [5.74, 6) is 1.09. The van der Waals surface area contributed by atoms with Crippen LogP contribution in [0.3, 0.4) is 0 Å². The summed E-state index contributed by atoms with van der Waals surface area (Å²) in [5.41, 5.74) is 0.817. The van der Waals surface area contributed by atoms with E-state index in [0.717, 1.165) is 38.0 Å². The number of piperidine rings is 1. The second kappa shape index (κ2) is 8.52. The van der Waals surface area contributed by atoms with Crippen LogP contribution in [0.15, 0.2) is 40.6 Å². The van der Waals surface area contributed by atoms with Crippen molar-refractivity contribution in [3.05, 3.63) is 46.2 Å². The number of nitrogens with one attached hydrogen (secondary N) is 1. The predicted molar refractivity (Wildman–Crippen MR) is 105 cm³/mol. The Morgan fingerprint density at radius 3 is 2.65 bits per heavy atom. The Labute approximate surface area is 160 Å². The Kier molecular flexibility index (Phi) is 6.34. The normalized spacial score (nSPS) is 16.7. The fourth-order valence-corrected chi connectivity index (χ4v) is 5.25. The summed E-state index contributed by atoms with van der Waals surface area (Å²) in [7, 11) is -1.90. The third-order valence-corrected chi connectivity index (χ3v) is 7.19. The van der Waals surface area contributed by atoms with Gasteiger partial charge in [-0.25, -0.2) is 13.1 Å². The highest BCUT2D eigenvalue weighted by atomic mass is 32.2. The fraction of sp³-hybridized carbons (Fsp3) is 0.474. The van der Waals surface area contributed by atoms with Gasteiger partial charge in [0.25, 0.3) is 0 Å². The summed E-state index contributed by atoms with van der Waals surface area (Å²) in [5, 5.41) is 2.11. The molecule has 0 amide bonds. The van der Waals surface area contributed by atoms with Crippen LogP contribution in [0.5, 0.6) is 5.75 Å². The molecule has 0 saturated carbocycles. The Bertz CT molecular complexity index is 811. The number of nitrogens with zero attached hydrogens (tertiary/aromatic N) is 1. The second-order valence-corrected chi connectivity index (χ2v) is 9.58. The zero-order valence-electron chi connectivity index (χ0n) is 15.3. The van der Waals surface area contributed by atoms with Crippen molar-refractivity contribution in [1.82, 2.24) is 9.62 Å². The molecule has 1 aromatic heterocycles. The van der Waals surface area contributed by atoms with Crippen LogP contribution in [0.1, 0.15) is 23.3 Å². The maximum Gasteiger partial charge on any atom is 0.240 e. The summed E-state index contributed by atoms with van der Waals surface area (Å²) in [4.78, 5) is 4.13. The van der Waals surface area contributed by atoms with Gasteiger partial charge >= 0.3 is 0 Å². The number of sulfonamides is 1. The molecule has 0 spiro atoms. The number of thiophene rings is 1. The van der Waals surface area contributed by atoms with Gasteiger partial charge in [-0.15, -0.1) is 11.3 Å². The van der Waals surface area contributed by atoms with Crippen LogP contribution in [0.2, 0.25) is 0 Å². The first kappa shape index (κ1) is 19.4. The molecule has 5 nitrogen and oxygen atoms in total. The molecule has 0 radical (unpaired) electrons. The highest BCUT2D eigenvalue weighted by Crippen LogP contribution is 2.23. The minimum absolute atomic E-state index is 0.297. The van der Waals surface area contributed by atoms with E-state index in [9.17, 15) is 8.42 Å². The largest absolute Gasteiger partial charge is 0.496 e. The molecule has 0 unspecified atom stereocenters. The molecular weight excluding hydrogens is 368 g/mol. The van der Waals surface area contributed by atoms with Crippen molar-refractivity contribution >= 4 is 21.4 Å². The molecular formula is C19H26N2O3S2. The van der Waals surface area contributed by atoms with Gasteiger partial charge in [0.15, 0.2) is 0 Å². The number of likely N-dealkylation sites (tertiary alicyclic amines) is 1. The third kappa shape index (κ3) is 4.85. The zero-order chi connectivity index (χ0) is 18.6. The number of rotatable bonds is 7. The maximum absolute atomic E-state index is 12.5. The highest BCUT2D eigenvalue weighted by Gasteiger charge is 2.22. The van der Waals surface area contributed by atoms with Gasteiger partial charge < -0.3 is 4.74 Å². The quantitative estimate of drug-likeness (QED) is 0.783. The number of benzene rings is 1. The van der Waals surface area contributed by atoms with Gasteiger partial charge in [-0.05, 0) is 74.0 Å². The lowest BCUT2D eigenvalue weighted by Crippen LogP contribution is -2.38. The molecule has 1 fully saturated rings. The fourth-order valence-electron chi connectivity index (χ4n) is 3.30. The molecule has 1 aliphatic rings. The van der Waals surface area contributed by atoms with E-state index in [1.54, 1.807) is 36.6 Å². The van der Waals surface area contributed by atoms with Crippen LogP contribution in [-0.2, 0) is 16.6 Å². The first-order chi connectivity index (χ1) is 12.5. The van der Waals surface area contributed by atoms with E-state index >= 15 is 0 Å². The van der Waals surface area contributed by atoms with Crippen LogP contribution in [0.4, 0.5) is 0 Å². The van der Waals surface area contributed by atoms with Crippen molar-refractivity contribution in [3.63, 3.8) is 0 Å². The SMILES string of the molecule is COc1ccc(S(=O)(=O)NCC2CCN(Cc3cccs3)CC2)cc1C. The number of methoxy groups -OCH3 is 1. The van der Waals surface area contributed by atoms with E-state index in [2.05, 4.69) is 27.1 Å². The standard InChI is InChI=1S/C19H26N2O3S2/c1-15-12-18(5-6-19(15)24-2)26(22,23)20-13-16-7-9-21(10-8-16)14-17-4-3-11-25-17/h3-6,11-12,16,20H,7-10,13-14H2,1-2H3. The van der Waals surface area contributed by atoms with E-state index in [1.165, 1.54) is 4.88 Å². The summed E-state index contributed by atoms with van der Waals surface area (Å²) in [6, 6.07) is 9.21. The van der Waals surface area contributed by atoms with Crippen LogP contribution in [-0.4, -0.2) is 40.1 Å². The summed E-state index contributed by atoms with van der Waals surface area (Å²) >= 11 is 1.79. The lowest BCUT2D eigenvalue weighted by molar-refractivity contribution is 0.180. The zero-order valence-corrected chi connectivity index (χ0v) is 16.9. The minimum Gasteiger partial charge on any atom is -0.496 e. The summed E-state index contributed by atoms with van der Waals surface area (Å²) in [6.07, 6.45) is 2.05.